The molecule has 2 aliphatic heterocycles. The van der Waals surface area contributed by atoms with Crippen molar-refractivity contribution in [3.05, 3.63) is 41.8 Å². The molecule has 1 amide bonds. The standard InChI is InChI=1S/C29H42BFN6O4S/c1-18(36-11-13-37(14-12-36)26(38)39-27(2,3)4)19-9-10-33-24(15-19)35-25(42)34-23-17-21(31)20(16-22(23)32)30-40-28(5,6)29(7,8)41-30/h9-10,15-18H,11-14,32H2,1-8H3,(H2,33,34,35,42). The molecule has 2 aliphatic rings. The van der Waals surface area contributed by atoms with E-state index in [1.807, 2.05) is 60.6 Å². The molecule has 1 atom stereocenters. The summed E-state index contributed by atoms with van der Waals surface area (Å²) in [7, 11) is -0.870. The van der Waals surface area contributed by atoms with Crippen molar-refractivity contribution < 1.29 is 23.2 Å². The molecule has 2 aromatic rings. The largest absolute Gasteiger partial charge is 0.497 e. The highest BCUT2D eigenvalue weighted by Crippen LogP contribution is 2.37. The molecule has 0 aliphatic carbocycles. The number of amides is 1. The van der Waals surface area contributed by atoms with Gasteiger partial charge < -0.3 is 35.3 Å². The molecule has 2 saturated heterocycles. The Morgan fingerprint density at radius 1 is 1.12 bits per heavy atom. The molecular formula is C29H42BFN6O4S. The average Bonchev–Trinajstić information content (AvgIpc) is 3.11. The molecule has 1 unspecified atom stereocenters. The van der Waals surface area contributed by atoms with Crippen molar-refractivity contribution >= 4 is 53.2 Å². The average molecular weight is 601 g/mol. The Hall–Kier alpha value is -3.00. The predicted octanol–water partition coefficient (Wildman–Crippen LogP) is 4.52. The number of nitrogens with one attached hydrogen (secondary N) is 2. The van der Waals surface area contributed by atoms with Crippen molar-refractivity contribution in [1.82, 2.24) is 14.8 Å². The SMILES string of the molecule is CC(c1ccnc(NC(=S)Nc2cc(F)c(B3OC(C)(C)C(C)(C)O3)cc2N)c1)N1CCN(C(=O)OC(C)(C)C)CC1. The number of rotatable bonds is 5. The number of halogens is 1. The van der Waals surface area contributed by atoms with Crippen LogP contribution in [0.5, 0.6) is 0 Å². The first-order chi connectivity index (χ1) is 19.5. The van der Waals surface area contributed by atoms with Crippen LogP contribution < -0.4 is 21.8 Å². The zero-order valence-electron chi connectivity index (χ0n) is 25.7. The van der Waals surface area contributed by atoms with Crippen molar-refractivity contribution in [2.24, 2.45) is 0 Å². The van der Waals surface area contributed by atoms with Crippen molar-refractivity contribution in [3.8, 4) is 0 Å². The molecule has 0 saturated carbocycles. The number of thiocarbonyl (C=S) groups is 1. The lowest BCUT2D eigenvalue weighted by Crippen LogP contribution is -2.50. The number of hydrogen-bond acceptors (Lipinski definition) is 8. The minimum Gasteiger partial charge on any atom is -0.444 e. The molecule has 2 fully saturated rings. The monoisotopic (exact) mass is 600 g/mol. The summed E-state index contributed by atoms with van der Waals surface area (Å²) in [4.78, 5) is 20.9. The number of carbonyl (C=O) groups excluding carboxylic acids is 1. The molecule has 4 N–H and O–H groups in total. The van der Waals surface area contributed by atoms with E-state index in [1.54, 1.807) is 11.1 Å². The van der Waals surface area contributed by atoms with Crippen LogP contribution in [0.15, 0.2) is 30.5 Å². The fraction of sp³-hybridized carbons (Fsp3) is 0.552. The zero-order chi connectivity index (χ0) is 31.0. The third-order valence-corrected chi connectivity index (χ3v) is 8.15. The molecule has 0 bridgehead atoms. The number of carbonyl (C=O) groups is 1. The van der Waals surface area contributed by atoms with Gasteiger partial charge in [0.2, 0.25) is 0 Å². The summed E-state index contributed by atoms with van der Waals surface area (Å²) < 4.78 is 32.6. The van der Waals surface area contributed by atoms with E-state index in [-0.39, 0.29) is 22.7 Å². The molecule has 1 aromatic heterocycles. The maximum atomic E-state index is 15.2. The van der Waals surface area contributed by atoms with E-state index >= 15 is 4.39 Å². The van der Waals surface area contributed by atoms with Crippen LogP contribution in [0.4, 0.5) is 26.4 Å². The second-order valence-corrected chi connectivity index (χ2v) is 13.2. The number of nitrogens with zero attached hydrogens (tertiary/aromatic N) is 3. The van der Waals surface area contributed by atoms with Crippen LogP contribution in [0, 0.1) is 5.82 Å². The number of nitrogen functional groups attached to an aromatic ring is 1. The van der Waals surface area contributed by atoms with Gasteiger partial charge in [-0.15, -0.1) is 0 Å². The molecule has 13 heteroatoms. The minimum absolute atomic E-state index is 0.0862. The Balaban J connectivity index is 1.35. The Morgan fingerprint density at radius 2 is 1.74 bits per heavy atom. The van der Waals surface area contributed by atoms with Gasteiger partial charge in [0.15, 0.2) is 5.11 Å². The van der Waals surface area contributed by atoms with Crippen molar-refractivity contribution in [2.45, 2.75) is 78.2 Å². The number of piperazine rings is 1. The number of nitrogens with two attached hydrogens (primary N) is 1. The second-order valence-electron chi connectivity index (χ2n) is 12.8. The lowest BCUT2D eigenvalue weighted by molar-refractivity contribution is 0.00578. The first-order valence-electron chi connectivity index (χ1n) is 14.2. The molecule has 42 heavy (non-hydrogen) atoms. The fourth-order valence-electron chi connectivity index (χ4n) is 4.74. The van der Waals surface area contributed by atoms with E-state index in [4.69, 9.17) is 32.0 Å². The summed E-state index contributed by atoms with van der Waals surface area (Å²) in [5.41, 5.74) is 6.42. The van der Waals surface area contributed by atoms with Gasteiger partial charge in [-0.3, -0.25) is 4.90 Å². The van der Waals surface area contributed by atoms with E-state index in [0.29, 0.717) is 30.3 Å². The van der Waals surface area contributed by atoms with Crippen LogP contribution in [0.2, 0.25) is 0 Å². The number of pyridine rings is 1. The smallest absolute Gasteiger partial charge is 0.444 e. The molecule has 228 valence electrons. The third-order valence-electron chi connectivity index (χ3n) is 7.95. The van der Waals surface area contributed by atoms with Crippen molar-refractivity contribution in [3.63, 3.8) is 0 Å². The molecule has 0 radical (unpaired) electrons. The highest BCUT2D eigenvalue weighted by Gasteiger charge is 2.52. The van der Waals surface area contributed by atoms with Gasteiger partial charge in [-0.25, -0.2) is 14.2 Å². The maximum Gasteiger partial charge on any atom is 0.497 e. The van der Waals surface area contributed by atoms with Crippen molar-refractivity contribution in [1.29, 1.82) is 0 Å². The molecule has 0 spiro atoms. The number of aromatic nitrogens is 1. The first kappa shape index (κ1) is 31.9. The molecule has 1 aromatic carbocycles. The van der Waals surface area contributed by atoms with E-state index < -0.39 is 29.7 Å². The molecule has 3 heterocycles. The fourth-order valence-corrected chi connectivity index (χ4v) is 4.96. The van der Waals surface area contributed by atoms with Gasteiger partial charge in [0.05, 0.1) is 22.6 Å². The zero-order valence-corrected chi connectivity index (χ0v) is 26.5. The topological polar surface area (TPSA) is 114 Å². The van der Waals surface area contributed by atoms with Gasteiger partial charge in [-0.1, -0.05) is 0 Å². The van der Waals surface area contributed by atoms with Gasteiger partial charge >= 0.3 is 13.2 Å². The van der Waals surface area contributed by atoms with Crippen LogP contribution in [0.25, 0.3) is 0 Å². The van der Waals surface area contributed by atoms with Crippen LogP contribution in [0.3, 0.4) is 0 Å². The Morgan fingerprint density at radius 3 is 2.33 bits per heavy atom. The predicted molar refractivity (Wildman–Crippen MR) is 168 cm³/mol. The van der Waals surface area contributed by atoms with Gasteiger partial charge in [0, 0.05) is 43.9 Å². The van der Waals surface area contributed by atoms with Gasteiger partial charge in [0.25, 0.3) is 0 Å². The van der Waals surface area contributed by atoms with E-state index in [2.05, 4.69) is 27.4 Å². The number of anilines is 3. The second kappa shape index (κ2) is 11.9. The third kappa shape index (κ3) is 7.31. The molecule has 10 nitrogen and oxygen atoms in total. The van der Waals surface area contributed by atoms with Gasteiger partial charge in [-0.2, -0.15) is 0 Å². The van der Waals surface area contributed by atoms with Crippen LogP contribution in [-0.2, 0) is 14.0 Å². The summed E-state index contributed by atoms with van der Waals surface area (Å²) in [5, 5.41) is 6.25. The minimum atomic E-state index is -0.870. The summed E-state index contributed by atoms with van der Waals surface area (Å²) >= 11 is 5.48. The molecular weight excluding hydrogens is 558 g/mol. The number of benzene rings is 1. The summed E-state index contributed by atoms with van der Waals surface area (Å²) in [5.74, 6) is 0.0193. The van der Waals surface area contributed by atoms with E-state index in [9.17, 15) is 4.79 Å². The number of hydrogen-bond donors (Lipinski definition) is 3. The first-order valence-corrected chi connectivity index (χ1v) is 14.6. The Bertz CT molecular complexity index is 1310. The lowest BCUT2D eigenvalue weighted by Gasteiger charge is -2.38. The van der Waals surface area contributed by atoms with E-state index in [1.165, 1.54) is 12.1 Å². The van der Waals surface area contributed by atoms with Crippen LogP contribution in [0.1, 0.15) is 67.0 Å². The quantitative estimate of drug-likeness (QED) is 0.257. The normalized spacial score (nSPS) is 19.4. The number of ether oxygens (including phenoxy) is 1. The van der Waals surface area contributed by atoms with Crippen LogP contribution >= 0.6 is 12.2 Å². The summed E-state index contributed by atoms with van der Waals surface area (Å²) in [6.07, 6.45) is 1.43. The van der Waals surface area contributed by atoms with Gasteiger partial charge in [0.1, 0.15) is 17.2 Å². The Labute approximate surface area is 253 Å². The lowest BCUT2D eigenvalue weighted by atomic mass is 9.78. The summed E-state index contributed by atoms with van der Waals surface area (Å²) in [6.45, 7) is 18.0. The maximum absolute atomic E-state index is 15.2. The Kier molecular flexibility index (Phi) is 9.08. The highest BCUT2D eigenvalue weighted by molar-refractivity contribution is 7.80. The molecule has 4 rings (SSSR count). The van der Waals surface area contributed by atoms with E-state index in [0.717, 1.165) is 18.7 Å². The van der Waals surface area contributed by atoms with Gasteiger partial charge in [-0.05, 0) is 97.4 Å². The van der Waals surface area contributed by atoms with Crippen LogP contribution in [-0.4, -0.2) is 76.1 Å². The summed E-state index contributed by atoms with van der Waals surface area (Å²) in [6, 6.07) is 6.75. The van der Waals surface area contributed by atoms with Crippen molar-refractivity contribution in [2.75, 3.05) is 42.5 Å². The highest BCUT2D eigenvalue weighted by atomic mass is 32.1.